The highest BCUT2D eigenvalue weighted by Crippen LogP contribution is 2.23. The van der Waals surface area contributed by atoms with Crippen molar-refractivity contribution in [3.05, 3.63) is 17.0 Å². The monoisotopic (exact) mass is 293 g/mol. The zero-order valence-corrected chi connectivity index (χ0v) is 12.1. The Kier molecular flexibility index (Phi) is 4.50. The van der Waals surface area contributed by atoms with Crippen LogP contribution in [0.25, 0.3) is 0 Å². The van der Waals surface area contributed by atoms with Crippen molar-refractivity contribution < 1.29 is 17.1 Å². The smallest absolute Gasteiger partial charge is 0.341 e. The number of thiophene rings is 1. The van der Waals surface area contributed by atoms with Crippen molar-refractivity contribution in [3.63, 3.8) is 0 Å². The summed E-state index contributed by atoms with van der Waals surface area (Å²) < 4.78 is 33.6. The number of carbonyl (C=O) groups is 1. The molecule has 0 saturated carbocycles. The van der Waals surface area contributed by atoms with Gasteiger partial charge in [-0.15, -0.1) is 11.3 Å². The third kappa shape index (κ3) is 4.38. The summed E-state index contributed by atoms with van der Waals surface area (Å²) in [6.45, 7) is 5.83. The molecule has 0 saturated heterocycles. The zero-order valence-electron chi connectivity index (χ0n) is 10.5. The topological polar surface area (TPSA) is 63.2 Å². The summed E-state index contributed by atoms with van der Waals surface area (Å²) in [5.41, 5.74) is -0.455. The van der Waals surface area contributed by atoms with Crippen LogP contribution in [0.5, 0.6) is 0 Å². The maximum absolute atomic E-state index is 12.7. The molecule has 0 fully saturated rings. The molecule has 4 nitrogen and oxygen atoms in total. The Morgan fingerprint density at radius 3 is 2.44 bits per heavy atom. The molecule has 1 aromatic heterocycles. The van der Waals surface area contributed by atoms with Gasteiger partial charge < -0.3 is 5.32 Å². The van der Waals surface area contributed by atoms with Crippen LogP contribution in [0.4, 0.5) is 3.89 Å². The van der Waals surface area contributed by atoms with E-state index in [-0.39, 0.29) is 10.1 Å². The summed E-state index contributed by atoms with van der Waals surface area (Å²) in [4.78, 5) is 12.3. The molecule has 0 aliphatic heterocycles. The molecule has 102 valence electrons. The highest BCUT2D eigenvalue weighted by molar-refractivity contribution is 7.88. The SMILES string of the molecule is CC(C)(C)C(=O)NCCc1ccc(S(=O)(=O)F)s1. The molecular weight excluding hydrogens is 277 g/mol. The molecule has 0 aromatic carbocycles. The molecule has 18 heavy (non-hydrogen) atoms. The molecule has 1 rings (SSSR count). The molecule has 1 heterocycles. The van der Waals surface area contributed by atoms with Crippen molar-refractivity contribution >= 4 is 27.5 Å². The second-order valence-corrected chi connectivity index (χ2v) is 7.66. The van der Waals surface area contributed by atoms with Gasteiger partial charge in [0, 0.05) is 16.8 Å². The predicted octanol–water partition coefficient (Wildman–Crippen LogP) is 2.11. The van der Waals surface area contributed by atoms with E-state index < -0.39 is 15.6 Å². The summed E-state index contributed by atoms with van der Waals surface area (Å²) in [5, 5.41) is 2.74. The third-order valence-electron chi connectivity index (χ3n) is 2.22. The van der Waals surface area contributed by atoms with Crippen LogP contribution in [0.3, 0.4) is 0 Å². The molecule has 0 atom stereocenters. The highest BCUT2D eigenvalue weighted by Gasteiger charge is 2.20. The standard InChI is InChI=1S/C11H16FNO3S2/c1-11(2,3)10(14)13-7-6-8-4-5-9(17-8)18(12,15)16/h4-5H,6-7H2,1-3H3,(H,13,14). The Morgan fingerprint density at radius 2 is 2.00 bits per heavy atom. The van der Waals surface area contributed by atoms with Crippen LogP contribution in [0.2, 0.25) is 0 Å². The number of rotatable bonds is 4. The molecular formula is C11H16FNO3S2. The van der Waals surface area contributed by atoms with E-state index in [0.29, 0.717) is 13.0 Å². The summed E-state index contributed by atoms with van der Waals surface area (Å²) in [6.07, 6.45) is 0.488. The first-order valence-electron chi connectivity index (χ1n) is 5.42. The van der Waals surface area contributed by atoms with E-state index in [1.807, 2.05) is 0 Å². The Labute approximate surface area is 110 Å². The lowest BCUT2D eigenvalue weighted by molar-refractivity contribution is -0.128. The van der Waals surface area contributed by atoms with E-state index in [0.717, 1.165) is 16.2 Å². The minimum atomic E-state index is -4.62. The van der Waals surface area contributed by atoms with Gasteiger partial charge in [0.15, 0.2) is 4.21 Å². The average Bonchev–Trinajstić information content (AvgIpc) is 2.64. The molecule has 0 aliphatic carbocycles. The maximum atomic E-state index is 12.7. The Balaban J connectivity index is 2.51. The van der Waals surface area contributed by atoms with Crippen LogP contribution in [-0.4, -0.2) is 20.9 Å². The predicted molar refractivity (Wildman–Crippen MR) is 68.8 cm³/mol. The van der Waals surface area contributed by atoms with Gasteiger partial charge >= 0.3 is 10.2 Å². The average molecular weight is 293 g/mol. The van der Waals surface area contributed by atoms with Gasteiger partial charge in [-0.1, -0.05) is 24.7 Å². The first-order chi connectivity index (χ1) is 8.10. The number of nitrogens with one attached hydrogen (secondary N) is 1. The summed E-state index contributed by atoms with van der Waals surface area (Å²) >= 11 is 0.885. The van der Waals surface area contributed by atoms with Crippen LogP contribution < -0.4 is 5.32 Å². The second-order valence-electron chi connectivity index (χ2n) is 4.91. The fraction of sp³-hybridized carbons (Fsp3) is 0.545. The van der Waals surface area contributed by atoms with Gasteiger partial charge in [-0.3, -0.25) is 4.79 Å². The molecule has 1 aromatic rings. The molecule has 0 radical (unpaired) electrons. The number of halogens is 1. The van der Waals surface area contributed by atoms with E-state index in [2.05, 4.69) is 5.32 Å². The number of hydrogen-bond donors (Lipinski definition) is 1. The van der Waals surface area contributed by atoms with Crippen LogP contribution >= 0.6 is 11.3 Å². The Hall–Kier alpha value is -0.950. The van der Waals surface area contributed by atoms with Crippen molar-refractivity contribution in [1.82, 2.24) is 5.32 Å². The van der Waals surface area contributed by atoms with Gasteiger partial charge in [0.25, 0.3) is 0 Å². The fourth-order valence-electron chi connectivity index (χ4n) is 1.19. The van der Waals surface area contributed by atoms with E-state index >= 15 is 0 Å². The van der Waals surface area contributed by atoms with Gasteiger partial charge in [0.1, 0.15) is 0 Å². The largest absolute Gasteiger partial charge is 0.355 e. The quantitative estimate of drug-likeness (QED) is 0.865. The normalized spacial score (nSPS) is 12.4. The number of amides is 1. The van der Waals surface area contributed by atoms with Crippen LogP contribution in [-0.2, 0) is 21.4 Å². The first-order valence-corrected chi connectivity index (χ1v) is 7.62. The number of hydrogen-bond acceptors (Lipinski definition) is 4. The van der Waals surface area contributed by atoms with E-state index in [4.69, 9.17) is 0 Å². The van der Waals surface area contributed by atoms with Gasteiger partial charge in [-0.05, 0) is 18.6 Å². The molecule has 0 spiro atoms. The molecule has 0 bridgehead atoms. The van der Waals surface area contributed by atoms with Gasteiger partial charge in [0.2, 0.25) is 5.91 Å². The summed E-state index contributed by atoms with van der Waals surface area (Å²) in [7, 11) is -4.62. The Morgan fingerprint density at radius 1 is 1.39 bits per heavy atom. The molecule has 7 heteroatoms. The van der Waals surface area contributed by atoms with Crippen molar-refractivity contribution in [2.24, 2.45) is 5.41 Å². The van der Waals surface area contributed by atoms with Gasteiger partial charge in [-0.2, -0.15) is 8.42 Å². The lowest BCUT2D eigenvalue weighted by Gasteiger charge is -2.17. The van der Waals surface area contributed by atoms with Gasteiger partial charge in [0.05, 0.1) is 0 Å². The first kappa shape index (κ1) is 15.1. The van der Waals surface area contributed by atoms with Crippen molar-refractivity contribution in [3.8, 4) is 0 Å². The van der Waals surface area contributed by atoms with Crippen molar-refractivity contribution in [2.45, 2.75) is 31.4 Å². The molecule has 0 unspecified atom stereocenters. The molecule has 0 aliphatic rings. The van der Waals surface area contributed by atoms with E-state index in [1.54, 1.807) is 26.8 Å². The van der Waals surface area contributed by atoms with E-state index in [1.165, 1.54) is 6.07 Å². The third-order valence-corrected chi connectivity index (χ3v) is 4.62. The van der Waals surface area contributed by atoms with Crippen LogP contribution in [0.15, 0.2) is 16.3 Å². The van der Waals surface area contributed by atoms with Gasteiger partial charge in [-0.25, -0.2) is 0 Å². The summed E-state index contributed by atoms with van der Waals surface area (Å²) in [6, 6.07) is 2.79. The molecule has 1 N–H and O–H groups in total. The summed E-state index contributed by atoms with van der Waals surface area (Å²) in [5.74, 6) is -0.0719. The minimum Gasteiger partial charge on any atom is -0.355 e. The van der Waals surface area contributed by atoms with Crippen LogP contribution in [0, 0.1) is 5.41 Å². The zero-order chi connectivity index (χ0) is 14.0. The van der Waals surface area contributed by atoms with Crippen molar-refractivity contribution in [2.75, 3.05) is 6.54 Å². The highest BCUT2D eigenvalue weighted by atomic mass is 32.3. The fourth-order valence-corrected chi connectivity index (χ4v) is 2.87. The Bertz CT molecular complexity index is 529. The van der Waals surface area contributed by atoms with E-state index in [9.17, 15) is 17.1 Å². The lowest BCUT2D eigenvalue weighted by Crippen LogP contribution is -2.35. The van der Waals surface area contributed by atoms with Crippen LogP contribution in [0.1, 0.15) is 25.6 Å². The lowest BCUT2D eigenvalue weighted by atomic mass is 9.96. The molecule has 1 amide bonds. The minimum absolute atomic E-state index is 0.0719. The maximum Gasteiger partial charge on any atom is 0.341 e. The number of carbonyl (C=O) groups excluding carboxylic acids is 1. The van der Waals surface area contributed by atoms with Crippen molar-refractivity contribution in [1.29, 1.82) is 0 Å². The second kappa shape index (κ2) is 5.36.